The normalized spacial score (nSPS) is 42.9. The molecule has 0 radical (unpaired) electrons. The van der Waals surface area contributed by atoms with E-state index >= 15 is 0 Å². The number of hydrogen-bond donors (Lipinski definition) is 2. The molecule has 1 saturated carbocycles. The number of piperidine rings is 2. The average Bonchev–Trinajstić information content (AvgIpc) is 2.86. The van der Waals surface area contributed by atoms with Gasteiger partial charge in [-0.05, 0) is 38.0 Å². The SMILES string of the molecule is N#C[C@@H]1CCCN1C(=O)[C@H]1N[C@H]2CC[C@@H]1C[C@@H]2O. The van der Waals surface area contributed by atoms with Crippen molar-refractivity contribution in [1.29, 1.82) is 5.26 Å². The van der Waals surface area contributed by atoms with E-state index in [1.807, 2.05) is 0 Å². The first-order valence-corrected chi connectivity index (χ1v) is 6.85. The third-order valence-corrected chi connectivity index (χ3v) is 4.67. The van der Waals surface area contributed by atoms with Crippen LogP contribution < -0.4 is 5.32 Å². The van der Waals surface area contributed by atoms with Gasteiger partial charge in [-0.15, -0.1) is 0 Å². The van der Waals surface area contributed by atoms with Crippen LogP contribution in [0.15, 0.2) is 0 Å². The van der Waals surface area contributed by atoms with Gasteiger partial charge in [0.25, 0.3) is 0 Å². The van der Waals surface area contributed by atoms with Crippen LogP contribution >= 0.6 is 0 Å². The lowest BCUT2D eigenvalue weighted by molar-refractivity contribution is -0.139. The highest BCUT2D eigenvalue weighted by atomic mass is 16.3. The molecule has 0 aromatic heterocycles. The Hall–Kier alpha value is -1.12. The predicted molar refractivity (Wildman–Crippen MR) is 64.4 cm³/mol. The molecule has 3 heterocycles. The molecule has 2 N–H and O–H groups in total. The zero-order valence-electron chi connectivity index (χ0n) is 10.4. The molecule has 3 saturated heterocycles. The number of carbonyl (C=O) groups is 1. The molecule has 4 fully saturated rings. The molecule has 98 valence electrons. The fourth-order valence-electron chi connectivity index (χ4n) is 3.66. The van der Waals surface area contributed by atoms with Gasteiger partial charge in [-0.3, -0.25) is 4.79 Å². The van der Waals surface area contributed by atoms with Crippen LogP contribution in [0.3, 0.4) is 0 Å². The first-order valence-electron chi connectivity index (χ1n) is 6.85. The summed E-state index contributed by atoms with van der Waals surface area (Å²) in [5.41, 5.74) is 0. The Morgan fingerprint density at radius 2 is 2.22 bits per heavy atom. The number of aliphatic hydroxyl groups excluding tert-OH is 1. The Balaban J connectivity index is 1.72. The second-order valence-electron chi connectivity index (χ2n) is 5.71. The van der Waals surface area contributed by atoms with Gasteiger partial charge < -0.3 is 15.3 Å². The molecule has 5 heteroatoms. The number of rotatable bonds is 1. The maximum atomic E-state index is 12.5. The molecular formula is C13H19N3O2. The summed E-state index contributed by atoms with van der Waals surface area (Å²) >= 11 is 0. The predicted octanol–water partition coefficient (Wildman–Crippen LogP) is 0.00238. The van der Waals surface area contributed by atoms with Crippen LogP contribution in [0, 0.1) is 17.2 Å². The fourth-order valence-corrected chi connectivity index (χ4v) is 3.66. The summed E-state index contributed by atoms with van der Waals surface area (Å²) in [6.07, 6.45) is 4.10. The van der Waals surface area contributed by atoms with Crippen molar-refractivity contribution in [3.8, 4) is 6.07 Å². The van der Waals surface area contributed by atoms with Crippen LogP contribution in [0.4, 0.5) is 0 Å². The molecular weight excluding hydrogens is 230 g/mol. The fraction of sp³-hybridized carbons (Fsp3) is 0.846. The summed E-state index contributed by atoms with van der Waals surface area (Å²) in [4.78, 5) is 14.2. The lowest BCUT2D eigenvalue weighted by atomic mass is 9.74. The summed E-state index contributed by atoms with van der Waals surface area (Å²) in [5, 5.41) is 22.1. The Kier molecular flexibility index (Phi) is 3.00. The molecule has 4 aliphatic rings. The first kappa shape index (κ1) is 11.9. The number of likely N-dealkylation sites (tertiary alicyclic amines) is 1. The van der Waals surface area contributed by atoms with Crippen molar-refractivity contribution in [3.63, 3.8) is 0 Å². The Bertz CT molecular complexity index is 392. The van der Waals surface area contributed by atoms with Crippen molar-refractivity contribution in [2.24, 2.45) is 5.92 Å². The molecule has 0 aromatic carbocycles. The number of fused-ring (bicyclic) bond motifs is 3. The molecule has 2 bridgehead atoms. The van der Waals surface area contributed by atoms with E-state index in [9.17, 15) is 9.90 Å². The van der Waals surface area contributed by atoms with Crippen LogP contribution in [-0.2, 0) is 4.79 Å². The van der Waals surface area contributed by atoms with E-state index in [2.05, 4.69) is 11.4 Å². The molecule has 1 aliphatic carbocycles. The van der Waals surface area contributed by atoms with E-state index in [4.69, 9.17) is 5.26 Å². The lowest BCUT2D eigenvalue weighted by Gasteiger charge is -2.46. The van der Waals surface area contributed by atoms with E-state index in [-0.39, 0.29) is 36.1 Å². The molecule has 18 heavy (non-hydrogen) atoms. The molecule has 3 aliphatic heterocycles. The Labute approximate surface area is 107 Å². The number of nitrogens with zero attached hydrogens (tertiary/aromatic N) is 2. The van der Waals surface area contributed by atoms with E-state index in [1.165, 1.54) is 0 Å². The molecule has 1 amide bonds. The lowest BCUT2D eigenvalue weighted by Crippen LogP contribution is -2.64. The second-order valence-corrected chi connectivity index (χ2v) is 5.71. The van der Waals surface area contributed by atoms with E-state index < -0.39 is 0 Å². The topological polar surface area (TPSA) is 76.4 Å². The highest BCUT2D eigenvalue weighted by Gasteiger charge is 2.46. The van der Waals surface area contributed by atoms with Crippen molar-refractivity contribution >= 4 is 5.91 Å². The zero-order valence-corrected chi connectivity index (χ0v) is 10.4. The van der Waals surface area contributed by atoms with Crippen LogP contribution in [0.1, 0.15) is 32.1 Å². The van der Waals surface area contributed by atoms with Gasteiger partial charge in [-0.2, -0.15) is 5.26 Å². The summed E-state index contributed by atoms with van der Waals surface area (Å²) in [6.45, 7) is 0.704. The van der Waals surface area contributed by atoms with Crippen molar-refractivity contribution < 1.29 is 9.90 Å². The van der Waals surface area contributed by atoms with E-state index in [0.29, 0.717) is 6.54 Å². The molecule has 0 aromatic rings. The minimum Gasteiger partial charge on any atom is -0.391 e. The van der Waals surface area contributed by atoms with Crippen molar-refractivity contribution in [3.05, 3.63) is 0 Å². The van der Waals surface area contributed by atoms with Gasteiger partial charge in [-0.1, -0.05) is 0 Å². The van der Waals surface area contributed by atoms with Crippen LogP contribution in [0.5, 0.6) is 0 Å². The summed E-state index contributed by atoms with van der Waals surface area (Å²) in [5.74, 6) is 0.304. The summed E-state index contributed by atoms with van der Waals surface area (Å²) in [7, 11) is 0. The largest absolute Gasteiger partial charge is 0.391 e. The number of aliphatic hydroxyl groups is 1. The second kappa shape index (κ2) is 4.52. The smallest absolute Gasteiger partial charge is 0.241 e. The molecule has 5 atom stereocenters. The van der Waals surface area contributed by atoms with Gasteiger partial charge in [0.05, 0.1) is 18.2 Å². The zero-order chi connectivity index (χ0) is 12.7. The third-order valence-electron chi connectivity index (χ3n) is 4.67. The molecule has 5 nitrogen and oxygen atoms in total. The van der Waals surface area contributed by atoms with Gasteiger partial charge in [0.2, 0.25) is 5.91 Å². The molecule has 4 rings (SSSR count). The number of amides is 1. The van der Waals surface area contributed by atoms with Crippen molar-refractivity contribution in [2.45, 2.75) is 56.3 Å². The maximum Gasteiger partial charge on any atom is 0.241 e. The van der Waals surface area contributed by atoms with Gasteiger partial charge in [0.15, 0.2) is 0 Å². The van der Waals surface area contributed by atoms with Crippen LogP contribution in [-0.4, -0.2) is 46.7 Å². The Morgan fingerprint density at radius 1 is 1.39 bits per heavy atom. The average molecular weight is 249 g/mol. The first-order chi connectivity index (χ1) is 8.70. The maximum absolute atomic E-state index is 12.5. The summed E-state index contributed by atoms with van der Waals surface area (Å²) < 4.78 is 0. The number of nitrogens with one attached hydrogen (secondary N) is 1. The van der Waals surface area contributed by atoms with E-state index in [0.717, 1.165) is 32.1 Å². The third kappa shape index (κ3) is 1.80. The van der Waals surface area contributed by atoms with Crippen molar-refractivity contribution in [1.82, 2.24) is 10.2 Å². The van der Waals surface area contributed by atoms with Gasteiger partial charge in [-0.25, -0.2) is 0 Å². The standard InChI is InChI=1S/C13H19N3O2/c14-7-9-2-1-5-16(9)13(18)12-8-3-4-10(15-12)11(17)6-8/h8-12,15,17H,1-6H2/t8-,9+,10+,11+,12+/m1/s1. The van der Waals surface area contributed by atoms with Gasteiger partial charge in [0, 0.05) is 12.6 Å². The van der Waals surface area contributed by atoms with Crippen LogP contribution in [0.2, 0.25) is 0 Å². The van der Waals surface area contributed by atoms with Crippen LogP contribution in [0.25, 0.3) is 0 Å². The van der Waals surface area contributed by atoms with Gasteiger partial charge in [0.1, 0.15) is 6.04 Å². The Morgan fingerprint density at radius 3 is 2.83 bits per heavy atom. The number of hydrogen-bond acceptors (Lipinski definition) is 4. The van der Waals surface area contributed by atoms with E-state index in [1.54, 1.807) is 4.90 Å². The molecule has 0 spiro atoms. The highest BCUT2D eigenvalue weighted by molar-refractivity contribution is 5.83. The monoisotopic (exact) mass is 249 g/mol. The minimum atomic E-state index is -0.307. The minimum absolute atomic E-state index is 0.0621. The quantitative estimate of drug-likeness (QED) is 0.686. The number of carbonyl (C=O) groups excluding carboxylic acids is 1. The highest BCUT2D eigenvalue weighted by Crippen LogP contribution is 2.35. The summed E-state index contributed by atoms with van der Waals surface area (Å²) in [6, 6.07) is 1.85. The van der Waals surface area contributed by atoms with Crippen molar-refractivity contribution in [2.75, 3.05) is 6.54 Å². The number of nitriles is 1. The molecule has 0 unspecified atom stereocenters. The van der Waals surface area contributed by atoms with Gasteiger partial charge >= 0.3 is 0 Å².